The zero-order chi connectivity index (χ0) is 15.4. The number of hydrogen-bond acceptors (Lipinski definition) is 3. The van der Waals surface area contributed by atoms with Gasteiger partial charge in [0.2, 0.25) is 0 Å². The summed E-state index contributed by atoms with van der Waals surface area (Å²) in [5.74, 6) is -7.90. The van der Waals surface area contributed by atoms with E-state index < -0.39 is 56.7 Å². The van der Waals surface area contributed by atoms with Crippen LogP contribution in [0.4, 0.5) is 26.7 Å². The molecule has 0 aliphatic carbocycles. The Bertz CT molecular complexity index is 345. The molecule has 1 atom stereocenters. The van der Waals surface area contributed by atoms with Crippen LogP contribution in [-0.4, -0.2) is 39.9 Å². The minimum absolute atomic E-state index is 0.402. The molecule has 1 N–H and O–H groups in total. The summed E-state index contributed by atoms with van der Waals surface area (Å²) in [6, 6.07) is -1.94. The molecule has 19 heavy (non-hydrogen) atoms. The number of Topliss-reactive ketones (excluding diaryl/α,β-unsaturated/α-hetero) is 1. The first kappa shape index (κ1) is 18.3. The summed E-state index contributed by atoms with van der Waals surface area (Å²) in [5.41, 5.74) is 0. The van der Waals surface area contributed by atoms with E-state index in [-0.39, 0.29) is 0 Å². The monoisotopic (exact) mass is 405 g/mol. The zero-order valence-corrected chi connectivity index (χ0v) is 12.4. The number of nitrogens with one attached hydrogen (secondary N) is 1. The Kier molecular flexibility index (Phi) is 6.42. The molecule has 0 aromatic carbocycles. The van der Waals surface area contributed by atoms with Crippen molar-refractivity contribution in [1.29, 1.82) is 0 Å². The zero-order valence-electron chi connectivity index (χ0n) is 10.3. The van der Waals surface area contributed by atoms with Crippen molar-refractivity contribution < 1.29 is 34.6 Å². The molecular weight excluding hydrogens is 392 g/mol. The number of alkyl halides is 7. The number of rotatable bonds is 5. The van der Waals surface area contributed by atoms with Gasteiger partial charge in [0, 0.05) is 0 Å². The van der Waals surface area contributed by atoms with E-state index in [1.165, 1.54) is 6.92 Å². The van der Waals surface area contributed by atoms with Crippen LogP contribution in [0.3, 0.4) is 0 Å². The maximum atomic E-state index is 12.8. The van der Waals surface area contributed by atoms with Crippen LogP contribution in [0.15, 0.2) is 0 Å². The van der Waals surface area contributed by atoms with Crippen molar-refractivity contribution in [3.05, 3.63) is 0 Å². The molecule has 4 nitrogen and oxygen atoms in total. The van der Waals surface area contributed by atoms with E-state index in [4.69, 9.17) is 0 Å². The van der Waals surface area contributed by atoms with Gasteiger partial charge in [0.15, 0.2) is 0 Å². The van der Waals surface area contributed by atoms with Crippen LogP contribution >= 0.6 is 20.2 Å². The summed E-state index contributed by atoms with van der Waals surface area (Å²) in [5, 5.41) is 1.72. The van der Waals surface area contributed by atoms with E-state index in [1.807, 2.05) is 0 Å². The normalized spacial score (nSPS) is 14.6. The van der Waals surface area contributed by atoms with Gasteiger partial charge in [-0.25, -0.2) is 0 Å². The van der Waals surface area contributed by atoms with Crippen molar-refractivity contribution in [2.45, 2.75) is 31.5 Å². The molecule has 0 saturated heterocycles. The molecule has 0 rings (SSSR count). The first-order valence-corrected chi connectivity index (χ1v) is 10.1. The molecule has 0 aliphatic rings. The van der Waals surface area contributed by atoms with E-state index >= 15 is 0 Å². The summed E-state index contributed by atoms with van der Waals surface area (Å²) in [6.45, 7) is 1.20. The van der Waals surface area contributed by atoms with Crippen molar-refractivity contribution in [1.82, 2.24) is 5.32 Å². The van der Waals surface area contributed by atoms with Crippen molar-refractivity contribution in [3.63, 3.8) is 0 Å². The molecule has 0 spiro atoms. The number of ketones is 1. The summed E-state index contributed by atoms with van der Waals surface area (Å²) in [6.07, 6.45) is -7.55. The Morgan fingerprint density at radius 3 is 2.00 bits per heavy atom. The fourth-order valence-corrected chi connectivity index (χ4v) is 1.94. The average molecular weight is 405 g/mol. The number of carbonyl (C=O) groups excluding carboxylic acids is 2. The van der Waals surface area contributed by atoms with Crippen LogP contribution < -0.4 is 5.32 Å². The number of carbonyl (C=O) groups is 2. The predicted octanol–water partition coefficient (Wildman–Crippen LogP) is 2.94. The molecule has 1 amide bonds. The third-order valence-corrected chi connectivity index (χ3v) is 3.19. The van der Waals surface area contributed by atoms with Gasteiger partial charge in [-0.1, -0.05) is 0 Å². The molecule has 0 saturated carbocycles. The Hall–Kier alpha value is -0.680. The predicted molar refractivity (Wildman–Crippen MR) is 65.6 cm³/mol. The van der Waals surface area contributed by atoms with Gasteiger partial charge in [-0.3, -0.25) is 0 Å². The Balaban J connectivity index is 4.88. The van der Waals surface area contributed by atoms with Crippen LogP contribution in [0.1, 0.15) is 13.3 Å². The standard InChI is InChI=1S/C9H13F5INO3/c1-4-5(16-7(18)19-15(2)3)6(17)8(10,11)9(12,13)14/h5H,4H2,1-3H3,(H,16,18). The van der Waals surface area contributed by atoms with E-state index in [2.05, 4.69) is 3.07 Å². The molecule has 0 heterocycles. The Labute approximate surface area is 114 Å². The summed E-state index contributed by atoms with van der Waals surface area (Å²) in [7, 11) is 0. The van der Waals surface area contributed by atoms with Crippen LogP contribution in [0.25, 0.3) is 0 Å². The Morgan fingerprint density at radius 2 is 1.68 bits per heavy atom. The van der Waals surface area contributed by atoms with Crippen LogP contribution in [0, 0.1) is 0 Å². The van der Waals surface area contributed by atoms with Crippen molar-refractivity contribution in [2.24, 2.45) is 0 Å². The molecule has 0 aromatic rings. The second kappa shape index (κ2) is 6.66. The third kappa shape index (κ3) is 5.07. The second-order valence-corrected chi connectivity index (χ2v) is 7.95. The van der Waals surface area contributed by atoms with Gasteiger partial charge < -0.3 is 0 Å². The number of hydrogen-bond donors (Lipinski definition) is 1. The molecular formula is C9H13F5INO3. The number of halogens is 6. The molecule has 10 heteroatoms. The number of amides is 1. The molecule has 0 radical (unpaired) electrons. The first-order chi connectivity index (χ1) is 8.43. The van der Waals surface area contributed by atoms with Gasteiger partial charge in [0.1, 0.15) is 0 Å². The molecule has 1 unspecified atom stereocenters. The third-order valence-electron chi connectivity index (χ3n) is 1.91. The van der Waals surface area contributed by atoms with Crippen LogP contribution in [0.5, 0.6) is 0 Å². The van der Waals surface area contributed by atoms with Gasteiger partial charge in [0.05, 0.1) is 0 Å². The van der Waals surface area contributed by atoms with Gasteiger partial charge in [-0.2, -0.15) is 0 Å². The summed E-state index contributed by atoms with van der Waals surface area (Å²) < 4.78 is 66.4. The van der Waals surface area contributed by atoms with Crippen LogP contribution in [0.2, 0.25) is 0 Å². The molecule has 114 valence electrons. The topological polar surface area (TPSA) is 55.4 Å². The van der Waals surface area contributed by atoms with Gasteiger partial charge >= 0.3 is 113 Å². The van der Waals surface area contributed by atoms with E-state index in [0.717, 1.165) is 0 Å². The Morgan fingerprint density at radius 1 is 1.21 bits per heavy atom. The summed E-state index contributed by atoms with van der Waals surface area (Å²) in [4.78, 5) is 25.5. The van der Waals surface area contributed by atoms with E-state index in [0.29, 0.717) is 0 Å². The maximum absolute atomic E-state index is 12.8. The fourth-order valence-electron chi connectivity index (χ4n) is 1.02. The minimum atomic E-state index is -5.99. The van der Waals surface area contributed by atoms with Crippen molar-refractivity contribution in [3.8, 4) is 0 Å². The molecule has 0 fully saturated rings. The molecule has 0 aromatic heterocycles. The SMILES string of the molecule is CCC(NC(=O)OI(C)C)C(=O)C(F)(F)C(F)(F)F. The quantitative estimate of drug-likeness (QED) is 0.435. The fraction of sp³-hybridized carbons (Fsp3) is 0.778. The molecule has 0 bridgehead atoms. The van der Waals surface area contributed by atoms with E-state index in [1.54, 1.807) is 15.2 Å². The van der Waals surface area contributed by atoms with Crippen molar-refractivity contribution >= 4 is 32.1 Å². The summed E-state index contributed by atoms with van der Waals surface area (Å²) >= 11 is -2.00. The van der Waals surface area contributed by atoms with Gasteiger partial charge in [-0.05, 0) is 0 Å². The van der Waals surface area contributed by atoms with Gasteiger partial charge in [0.25, 0.3) is 0 Å². The van der Waals surface area contributed by atoms with E-state index in [9.17, 15) is 31.5 Å². The second-order valence-electron chi connectivity index (χ2n) is 3.59. The van der Waals surface area contributed by atoms with Gasteiger partial charge in [-0.15, -0.1) is 0 Å². The first-order valence-electron chi connectivity index (χ1n) is 4.91. The van der Waals surface area contributed by atoms with Crippen molar-refractivity contribution in [2.75, 3.05) is 9.86 Å². The average Bonchev–Trinajstić information content (AvgIpc) is 2.22. The van der Waals surface area contributed by atoms with Crippen LogP contribution in [-0.2, 0) is 7.86 Å². The molecule has 0 aliphatic heterocycles.